The van der Waals surface area contributed by atoms with Crippen LogP contribution in [0.4, 0.5) is 11.4 Å². The molecule has 1 aromatic heterocycles. The fraction of sp³-hybridized carbons (Fsp3) is 0.121. The molecule has 0 saturated heterocycles. The highest BCUT2D eigenvalue weighted by atomic mass is 14.9. The van der Waals surface area contributed by atoms with Crippen molar-refractivity contribution in [1.29, 1.82) is 0 Å². The number of para-hydroxylation sites is 1. The van der Waals surface area contributed by atoms with E-state index in [4.69, 9.17) is 4.98 Å². The Morgan fingerprint density at radius 1 is 0.514 bits per heavy atom. The van der Waals surface area contributed by atoms with Crippen molar-refractivity contribution in [3.63, 3.8) is 0 Å². The van der Waals surface area contributed by atoms with Gasteiger partial charge in [-0.1, -0.05) is 92.7 Å². The fourth-order valence-electron chi connectivity index (χ4n) is 4.56. The minimum Gasteiger partial charge on any atom is -0.356 e. The molecule has 0 amide bonds. The second kappa shape index (κ2) is 10.4. The van der Waals surface area contributed by atoms with Crippen LogP contribution in [-0.4, -0.2) is 4.98 Å². The lowest BCUT2D eigenvalue weighted by Crippen LogP contribution is -1.96. The summed E-state index contributed by atoms with van der Waals surface area (Å²) in [6.45, 7) is 4.41. The van der Waals surface area contributed by atoms with Gasteiger partial charge in [0, 0.05) is 22.5 Å². The molecule has 0 aliphatic rings. The monoisotopic (exact) mass is 454 g/mol. The van der Waals surface area contributed by atoms with Crippen LogP contribution in [-0.2, 0) is 12.8 Å². The molecule has 5 rings (SSSR count). The molecule has 0 radical (unpaired) electrons. The minimum absolute atomic E-state index is 0.975. The average Bonchev–Trinajstić information content (AvgIpc) is 2.93. The molecule has 1 N–H and O–H groups in total. The Hall–Kier alpha value is -4.17. The van der Waals surface area contributed by atoms with Crippen LogP contribution >= 0.6 is 0 Å². The molecule has 0 atom stereocenters. The summed E-state index contributed by atoms with van der Waals surface area (Å²) in [5, 5.41) is 3.47. The molecule has 0 bridgehead atoms. The molecule has 35 heavy (non-hydrogen) atoms. The van der Waals surface area contributed by atoms with E-state index in [0.717, 1.165) is 35.6 Å². The number of pyridine rings is 1. The molecular formula is C33H30N2. The number of hydrogen-bond donors (Lipinski definition) is 1. The molecule has 2 nitrogen and oxygen atoms in total. The highest BCUT2D eigenvalue weighted by Crippen LogP contribution is 2.33. The second-order valence-electron chi connectivity index (χ2n) is 8.72. The van der Waals surface area contributed by atoms with Gasteiger partial charge in [-0.25, -0.2) is 4.98 Å². The quantitative estimate of drug-likeness (QED) is 0.265. The van der Waals surface area contributed by atoms with Crippen LogP contribution in [0.1, 0.15) is 25.0 Å². The number of anilines is 2. The molecule has 0 unspecified atom stereocenters. The van der Waals surface area contributed by atoms with Crippen LogP contribution in [0.25, 0.3) is 33.6 Å². The third kappa shape index (κ3) is 5.02. The van der Waals surface area contributed by atoms with Gasteiger partial charge in [0.05, 0.1) is 11.4 Å². The van der Waals surface area contributed by atoms with Gasteiger partial charge in [-0.05, 0) is 71.5 Å². The molecule has 2 heteroatoms. The van der Waals surface area contributed by atoms with Crippen molar-refractivity contribution in [2.45, 2.75) is 26.7 Å². The number of hydrogen-bond acceptors (Lipinski definition) is 2. The Morgan fingerprint density at radius 2 is 1.00 bits per heavy atom. The molecule has 0 saturated carbocycles. The van der Waals surface area contributed by atoms with Crippen LogP contribution < -0.4 is 5.32 Å². The first-order valence-electron chi connectivity index (χ1n) is 12.4. The molecule has 0 aliphatic carbocycles. The Kier molecular flexibility index (Phi) is 6.72. The number of nitrogens with zero attached hydrogens (tertiary/aromatic N) is 1. The largest absolute Gasteiger partial charge is 0.356 e. The Morgan fingerprint density at radius 3 is 1.54 bits per heavy atom. The van der Waals surface area contributed by atoms with Crippen LogP contribution in [0.3, 0.4) is 0 Å². The third-order valence-electron chi connectivity index (χ3n) is 6.45. The van der Waals surface area contributed by atoms with Crippen LogP contribution in [0.5, 0.6) is 0 Å². The van der Waals surface area contributed by atoms with Gasteiger partial charge in [0.1, 0.15) is 0 Å². The summed E-state index contributed by atoms with van der Waals surface area (Å²) in [6.07, 6.45) is 1.95. The maximum Gasteiger partial charge on any atom is 0.0718 e. The maximum absolute atomic E-state index is 5.18. The number of aryl methyl sites for hydroxylation is 2. The minimum atomic E-state index is 0.975. The van der Waals surface area contributed by atoms with Gasteiger partial charge in [-0.15, -0.1) is 0 Å². The van der Waals surface area contributed by atoms with Crippen LogP contribution in [0.2, 0.25) is 0 Å². The standard InChI is InChI=1S/C33H30N2/c1-3-24-12-8-10-16-30(24)32-22-27(23-33(35-32)31-17-11-9-13-25(31)4-2)26-18-20-29(21-19-26)34-28-14-6-5-7-15-28/h5-23,34H,3-4H2,1-2H3. The van der Waals surface area contributed by atoms with Crippen molar-refractivity contribution in [1.82, 2.24) is 4.98 Å². The molecular weight excluding hydrogens is 424 g/mol. The van der Waals surface area contributed by atoms with Crippen molar-refractivity contribution in [3.8, 4) is 33.6 Å². The number of aromatic nitrogens is 1. The highest BCUT2D eigenvalue weighted by molar-refractivity contribution is 5.79. The van der Waals surface area contributed by atoms with Crippen LogP contribution in [0.15, 0.2) is 115 Å². The summed E-state index contributed by atoms with van der Waals surface area (Å²) in [6, 6.07) is 40.6. The van der Waals surface area contributed by atoms with E-state index in [-0.39, 0.29) is 0 Å². The van der Waals surface area contributed by atoms with Gasteiger partial charge in [0.15, 0.2) is 0 Å². The molecule has 0 spiro atoms. The predicted molar refractivity (Wildman–Crippen MR) is 149 cm³/mol. The normalized spacial score (nSPS) is 10.8. The summed E-state index contributed by atoms with van der Waals surface area (Å²) in [5.74, 6) is 0. The lowest BCUT2D eigenvalue weighted by atomic mass is 9.95. The zero-order valence-electron chi connectivity index (χ0n) is 20.3. The number of nitrogens with one attached hydrogen (secondary N) is 1. The Bertz CT molecular complexity index is 1350. The van der Waals surface area contributed by atoms with Gasteiger partial charge in [-0.3, -0.25) is 0 Å². The van der Waals surface area contributed by atoms with E-state index in [1.54, 1.807) is 0 Å². The van der Waals surface area contributed by atoms with E-state index in [9.17, 15) is 0 Å². The topological polar surface area (TPSA) is 24.9 Å². The first kappa shape index (κ1) is 22.6. The maximum atomic E-state index is 5.18. The number of rotatable bonds is 7. The zero-order chi connectivity index (χ0) is 24.0. The Labute approximate surface area is 208 Å². The fourth-order valence-corrected chi connectivity index (χ4v) is 4.56. The van der Waals surface area contributed by atoms with Gasteiger partial charge in [0.2, 0.25) is 0 Å². The van der Waals surface area contributed by atoms with Crippen molar-refractivity contribution in [2.75, 3.05) is 5.32 Å². The van der Waals surface area contributed by atoms with Crippen molar-refractivity contribution < 1.29 is 0 Å². The molecule has 0 aliphatic heterocycles. The predicted octanol–water partition coefficient (Wildman–Crippen LogP) is 8.95. The highest BCUT2D eigenvalue weighted by Gasteiger charge is 2.13. The Balaban J connectivity index is 1.60. The lowest BCUT2D eigenvalue weighted by Gasteiger charge is -2.14. The van der Waals surface area contributed by atoms with Crippen molar-refractivity contribution in [2.24, 2.45) is 0 Å². The molecule has 1 heterocycles. The van der Waals surface area contributed by atoms with Gasteiger partial charge >= 0.3 is 0 Å². The van der Waals surface area contributed by atoms with Gasteiger partial charge in [0.25, 0.3) is 0 Å². The van der Waals surface area contributed by atoms with Gasteiger partial charge < -0.3 is 5.32 Å². The van der Waals surface area contributed by atoms with Gasteiger partial charge in [-0.2, -0.15) is 0 Å². The summed E-state index contributed by atoms with van der Waals surface area (Å²) < 4.78 is 0. The second-order valence-corrected chi connectivity index (χ2v) is 8.72. The summed E-state index contributed by atoms with van der Waals surface area (Å²) in [7, 11) is 0. The van der Waals surface area contributed by atoms with E-state index in [0.29, 0.717) is 0 Å². The zero-order valence-corrected chi connectivity index (χ0v) is 20.3. The first-order chi connectivity index (χ1) is 17.2. The molecule has 4 aromatic carbocycles. The van der Waals surface area contributed by atoms with Crippen molar-refractivity contribution >= 4 is 11.4 Å². The molecule has 5 aromatic rings. The smallest absolute Gasteiger partial charge is 0.0718 e. The SMILES string of the molecule is CCc1ccccc1-c1cc(-c2ccc(Nc3ccccc3)cc2)cc(-c2ccccc2CC)n1. The van der Waals surface area contributed by atoms with E-state index in [1.165, 1.54) is 33.4 Å². The van der Waals surface area contributed by atoms with E-state index < -0.39 is 0 Å². The molecule has 0 fully saturated rings. The van der Waals surface area contributed by atoms with Crippen molar-refractivity contribution in [3.05, 3.63) is 126 Å². The van der Waals surface area contributed by atoms with Crippen LogP contribution in [0, 0.1) is 0 Å². The summed E-state index contributed by atoms with van der Waals surface area (Å²) in [4.78, 5) is 5.18. The number of benzene rings is 4. The summed E-state index contributed by atoms with van der Waals surface area (Å²) >= 11 is 0. The first-order valence-corrected chi connectivity index (χ1v) is 12.4. The summed E-state index contributed by atoms with van der Waals surface area (Å²) in [5.41, 5.74) is 11.6. The molecule has 172 valence electrons. The van der Waals surface area contributed by atoms with E-state index in [1.807, 2.05) is 18.2 Å². The lowest BCUT2D eigenvalue weighted by molar-refractivity contribution is 1.13. The van der Waals surface area contributed by atoms with E-state index >= 15 is 0 Å². The average molecular weight is 455 g/mol. The van der Waals surface area contributed by atoms with E-state index in [2.05, 4.69) is 116 Å². The third-order valence-corrected chi connectivity index (χ3v) is 6.45.